The number of benzene rings is 1. The highest BCUT2D eigenvalue weighted by Gasteiger charge is 2.28. The van der Waals surface area contributed by atoms with Crippen LogP contribution in [0.25, 0.3) is 0 Å². The zero-order chi connectivity index (χ0) is 16.6. The maximum absolute atomic E-state index is 11.7. The number of ether oxygens (including phenoxy) is 2. The topological polar surface area (TPSA) is 90.6 Å². The second-order valence-electron chi connectivity index (χ2n) is 5.72. The number of carbonyl (C=O) groups is 2. The Morgan fingerprint density at radius 1 is 1.23 bits per heavy atom. The fraction of sp³-hybridized carbons (Fsp3) is 0.500. The van der Waals surface area contributed by atoms with Gasteiger partial charge in [-0.3, -0.25) is 15.0 Å². The highest BCUT2D eigenvalue weighted by Crippen LogP contribution is 2.24. The zero-order valence-electron chi connectivity index (χ0n) is 13.3. The quantitative estimate of drug-likeness (QED) is 0.250. The van der Waals surface area contributed by atoms with Crippen LogP contribution >= 0.6 is 0 Å². The molecule has 0 saturated heterocycles. The van der Waals surface area contributed by atoms with E-state index in [9.17, 15) is 9.59 Å². The average Bonchev–Trinajstić information content (AvgIpc) is 2.51. The lowest BCUT2D eigenvalue weighted by molar-refractivity contribution is -0.150. The first-order valence-electron chi connectivity index (χ1n) is 7.18. The molecule has 6 nitrogen and oxygen atoms in total. The van der Waals surface area contributed by atoms with Crippen molar-refractivity contribution in [3.8, 4) is 5.75 Å². The van der Waals surface area contributed by atoms with Crippen molar-refractivity contribution in [3.05, 3.63) is 29.8 Å². The summed E-state index contributed by atoms with van der Waals surface area (Å²) >= 11 is 0. The Bertz CT molecular complexity index is 497. The Labute approximate surface area is 130 Å². The summed E-state index contributed by atoms with van der Waals surface area (Å²) in [6.07, 6.45) is 1.53. The molecular formula is C16H24N2O4. The largest absolute Gasteiger partial charge is 0.494 e. The lowest BCUT2D eigenvalue weighted by atomic mass is 9.86. The minimum atomic E-state index is -0.563. The van der Waals surface area contributed by atoms with E-state index in [2.05, 4.69) is 5.43 Å². The van der Waals surface area contributed by atoms with Crippen molar-refractivity contribution in [2.45, 2.75) is 33.1 Å². The molecule has 3 N–H and O–H groups in total. The van der Waals surface area contributed by atoms with Gasteiger partial charge in [-0.05, 0) is 44.4 Å². The van der Waals surface area contributed by atoms with Crippen molar-refractivity contribution < 1.29 is 19.1 Å². The van der Waals surface area contributed by atoms with Gasteiger partial charge in [0.25, 0.3) is 0 Å². The minimum absolute atomic E-state index is 0.205. The number of esters is 1. The smallest absolute Gasteiger partial charge is 0.311 e. The first-order chi connectivity index (χ1) is 10.4. The van der Waals surface area contributed by atoms with Crippen LogP contribution < -0.4 is 16.0 Å². The van der Waals surface area contributed by atoms with Gasteiger partial charge in [0, 0.05) is 6.42 Å². The van der Waals surface area contributed by atoms with E-state index >= 15 is 0 Å². The molecule has 1 aromatic rings. The van der Waals surface area contributed by atoms with E-state index in [1.54, 1.807) is 0 Å². The van der Waals surface area contributed by atoms with E-state index < -0.39 is 5.41 Å². The van der Waals surface area contributed by atoms with Crippen LogP contribution in [-0.2, 0) is 20.7 Å². The second kappa shape index (κ2) is 8.38. The van der Waals surface area contributed by atoms with E-state index in [1.165, 1.54) is 7.11 Å². The molecule has 0 aliphatic carbocycles. The van der Waals surface area contributed by atoms with E-state index in [1.807, 2.05) is 38.1 Å². The van der Waals surface area contributed by atoms with Gasteiger partial charge in [-0.25, -0.2) is 5.84 Å². The lowest BCUT2D eigenvalue weighted by Gasteiger charge is -2.21. The van der Waals surface area contributed by atoms with Crippen LogP contribution in [0.4, 0.5) is 0 Å². The Hall–Kier alpha value is -2.08. The predicted molar refractivity (Wildman–Crippen MR) is 83.0 cm³/mol. The molecule has 122 valence electrons. The fourth-order valence-electron chi connectivity index (χ4n) is 2.06. The fourth-order valence-corrected chi connectivity index (χ4v) is 2.06. The summed E-state index contributed by atoms with van der Waals surface area (Å²) < 4.78 is 10.3. The standard InChI is InChI=1S/C16H24N2O4/c1-16(2,15(20)21-3)11-12-6-8-13(9-7-12)22-10-4-5-14(19)18-17/h6-9H,4-5,10-11,17H2,1-3H3,(H,18,19). The van der Waals surface area contributed by atoms with Gasteiger partial charge in [0.1, 0.15) is 5.75 Å². The van der Waals surface area contributed by atoms with E-state index in [0.29, 0.717) is 25.9 Å². The number of nitrogens with one attached hydrogen (secondary N) is 1. The monoisotopic (exact) mass is 308 g/mol. The number of methoxy groups -OCH3 is 1. The minimum Gasteiger partial charge on any atom is -0.494 e. The third-order valence-corrected chi connectivity index (χ3v) is 3.29. The SMILES string of the molecule is COC(=O)C(C)(C)Cc1ccc(OCCCC(=O)NN)cc1. The maximum atomic E-state index is 11.7. The summed E-state index contributed by atoms with van der Waals surface area (Å²) in [5.74, 6) is 5.28. The number of nitrogens with two attached hydrogens (primary N) is 1. The number of carbonyl (C=O) groups excluding carboxylic acids is 2. The molecule has 1 rings (SSSR count). The van der Waals surface area contributed by atoms with Crippen molar-refractivity contribution in [2.75, 3.05) is 13.7 Å². The van der Waals surface area contributed by atoms with Gasteiger partial charge in [-0.1, -0.05) is 12.1 Å². The van der Waals surface area contributed by atoms with E-state index in [0.717, 1.165) is 11.3 Å². The molecule has 0 bridgehead atoms. The second-order valence-corrected chi connectivity index (χ2v) is 5.72. The molecule has 0 unspecified atom stereocenters. The van der Waals surface area contributed by atoms with Crippen LogP contribution in [0.15, 0.2) is 24.3 Å². The summed E-state index contributed by atoms with van der Waals surface area (Å²) in [5.41, 5.74) is 2.54. The van der Waals surface area contributed by atoms with Gasteiger partial charge in [0.15, 0.2) is 0 Å². The summed E-state index contributed by atoms with van der Waals surface area (Å²) in [6, 6.07) is 7.55. The number of hydrogen-bond acceptors (Lipinski definition) is 5. The molecule has 0 fully saturated rings. The lowest BCUT2D eigenvalue weighted by Crippen LogP contribution is -2.29. The highest BCUT2D eigenvalue weighted by molar-refractivity contribution is 5.76. The van der Waals surface area contributed by atoms with Crippen molar-refractivity contribution in [1.82, 2.24) is 5.43 Å². The summed E-state index contributed by atoms with van der Waals surface area (Å²) in [7, 11) is 1.39. The molecule has 1 aromatic carbocycles. The number of hydrogen-bond donors (Lipinski definition) is 2. The van der Waals surface area contributed by atoms with Crippen LogP contribution in [-0.4, -0.2) is 25.6 Å². The predicted octanol–water partition coefficient (Wildman–Crippen LogP) is 1.58. The molecule has 0 heterocycles. The Morgan fingerprint density at radius 2 is 1.86 bits per heavy atom. The van der Waals surface area contributed by atoms with Crippen LogP contribution in [0.2, 0.25) is 0 Å². The molecule has 0 atom stereocenters. The van der Waals surface area contributed by atoms with Gasteiger partial charge >= 0.3 is 5.97 Å². The molecule has 0 aliphatic heterocycles. The average molecular weight is 308 g/mol. The van der Waals surface area contributed by atoms with Crippen LogP contribution in [0.3, 0.4) is 0 Å². The maximum Gasteiger partial charge on any atom is 0.311 e. The summed E-state index contributed by atoms with van der Waals surface area (Å²) in [5, 5.41) is 0. The third kappa shape index (κ3) is 5.73. The molecule has 0 aromatic heterocycles. The molecule has 0 aliphatic rings. The molecule has 6 heteroatoms. The Kier molecular flexibility index (Phi) is 6.85. The molecule has 0 radical (unpaired) electrons. The molecule has 0 spiro atoms. The normalized spacial score (nSPS) is 10.9. The van der Waals surface area contributed by atoms with Crippen molar-refractivity contribution in [3.63, 3.8) is 0 Å². The molecule has 0 saturated carbocycles. The van der Waals surface area contributed by atoms with Crippen molar-refractivity contribution >= 4 is 11.9 Å². The van der Waals surface area contributed by atoms with Gasteiger partial charge in [0.05, 0.1) is 19.1 Å². The third-order valence-electron chi connectivity index (χ3n) is 3.29. The van der Waals surface area contributed by atoms with Gasteiger partial charge < -0.3 is 9.47 Å². The van der Waals surface area contributed by atoms with Crippen LogP contribution in [0.1, 0.15) is 32.3 Å². The highest BCUT2D eigenvalue weighted by atomic mass is 16.5. The van der Waals surface area contributed by atoms with Gasteiger partial charge in [-0.2, -0.15) is 0 Å². The number of hydrazine groups is 1. The molecule has 1 amide bonds. The van der Waals surface area contributed by atoms with E-state index in [4.69, 9.17) is 15.3 Å². The number of amides is 1. The Balaban J connectivity index is 2.46. The zero-order valence-corrected chi connectivity index (χ0v) is 13.3. The summed E-state index contributed by atoms with van der Waals surface area (Å²) in [6.45, 7) is 4.15. The Morgan fingerprint density at radius 3 is 2.41 bits per heavy atom. The molecular weight excluding hydrogens is 284 g/mol. The van der Waals surface area contributed by atoms with E-state index in [-0.39, 0.29) is 11.9 Å². The van der Waals surface area contributed by atoms with Gasteiger partial charge in [0.2, 0.25) is 5.91 Å². The van der Waals surface area contributed by atoms with Crippen molar-refractivity contribution in [2.24, 2.45) is 11.3 Å². The number of rotatable bonds is 8. The molecule has 22 heavy (non-hydrogen) atoms. The van der Waals surface area contributed by atoms with Crippen LogP contribution in [0.5, 0.6) is 5.75 Å². The van der Waals surface area contributed by atoms with Crippen molar-refractivity contribution in [1.29, 1.82) is 0 Å². The first kappa shape index (κ1) is 18.0. The first-order valence-corrected chi connectivity index (χ1v) is 7.18. The van der Waals surface area contributed by atoms with Crippen LogP contribution in [0, 0.1) is 5.41 Å². The van der Waals surface area contributed by atoms with Gasteiger partial charge in [-0.15, -0.1) is 0 Å². The summed E-state index contributed by atoms with van der Waals surface area (Å²) in [4.78, 5) is 22.6.